The van der Waals surface area contributed by atoms with E-state index in [4.69, 9.17) is 0 Å². The van der Waals surface area contributed by atoms with Gasteiger partial charge in [0.1, 0.15) is 11.6 Å². The van der Waals surface area contributed by atoms with E-state index in [1.54, 1.807) is 0 Å². The average molecular weight is 275 g/mol. The molecule has 20 heavy (non-hydrogen) atoms. The highest BCUT2D eigenvalue weighted by Crippen LogP contribution is 2.27. The van der Waals surface area contributed by atoms with Crippen LogP contribution in [-0.2, 0) is 6.42 Å². The van der Waals surface area contributed by atoms with Crippen molar-refractivity contribution in [3.63, 3.8) is 0 Å². The highest BCUT2D eigenvalue weighted by atomic mass is 19.1. The molecular formula is C17H19F2N. The van der Waals surface area contributed by atoms with Gasteiger partial charge in [0.2, 0.25) is 0 Å². The molecule has 0 amide bonds. The van der Waals surface area contributed by atoms with Gasteiger partial charge >= 0.3 is 0 Å². The van der Waals surface area contributed by atoms with Crippen molar-refractivity contribution in [2.45, 2.75) is 26.3 Å². The molecule has 0 radical (unpaired) electrons. The van der Waals surface area contributed by atoms with Crippen LogP contribution in [0.5, 0.6) is 0 Å². The summed E-state index contributed by atoms with van der Waals surface area (Å²) in [6, 6.07) is 11.5. The minimum absolute atomic E-state index is 0.253. The Morgan fingerprint density at radius 2 is 1.75 bits per heavy atom. The van der Waals surface area contributed by atoms with Crippen LogP contribution >= 0.6 is 0 Å². The van der Waals surface area contributed by atoms with Gasteiger partial charge in [-0.25, -0.2) is 8.78 Å². The first kappa shape index (κ1) is 14.7. The summed E-state index contributed by atoms with van der Waals surface area (Å²) in [5.41, 5.74) is 2.69. The van der Waals surface area contributed by atoms with Crippen molar-refractivity contribution in [3.05, 3.63) is 70.8 Å². The van der Waals surface area contributed by atoms with Gasteiger partial charge in [0.25, 0.3) is 0 Å². The quantitative estimate of drug-likeness (QED) is 0.861. The van der Waals surface area contributed by atoms with Crippen LogP contribution in [0.1, 0.15) is 36.6 Å². The largest absolute Gasteiger partial charge is 0.306 e. The van der Waals surface area contributed by atoms with E-state index in [9.17, 15) is 8.78 Å². The third-order valence-electron chi connectivity index (χ3n) is 3.43. The highest BCUT2D eigenvalue weighted by Gasteiger charge is 2.19. The van der Waals surface area contributed by atoms with Crippen molar-refractivity contribution in [1.29, 1.82) is 0 Å². The maximum Gasteiger partial charge on any atom is 0.131 e. The van der Waals surface area contributed by atoms with E-state index in [-0.39, 0.29) is 6.04 Å². The molecule has 1 atom stereocenters. The van der Waals surface area contributed by atoms with Gasteiger partial charge < -0.3 is 5.32 Å². The second-order valence-electron chi connectivity index (χ2n) is 4.71. The standard InChI is InChI=1S/C17H19F2N/c1-3-12-7-5-6-8-14(12)17(20-4-2)15-10-9-13(18)11-16(15)19/h5-11,17,20H,3-4H2,1-2H3. The van der Waals surface area contributed by atoms with Gasteiger partial charge in [0.05, 0.1) is 6.04 Å². The molecule has 2 rings (SSSR count). The number of nitrogens with one attached hydrogen (secondary N) is 1. The van der Waals surface area contributed by atoms with Crippen LogP contribution in [0.15, 0.2) is 42.5 Å². The molecule has 0 aromatic heterocycles. The topological polar surface area (TPSA) is 12.0 Å². The minimum Gasteiger partial charge on any atom is -0.306 e. The number of halogens is 2. The van der Waals surface area contributed by atoms with Crippen LogP contribution in [0.2, 0.25) is 0 Å². The van der Waals surface area contributed by atoms with E-state index in [1.165, 1.54) is 17.7 Å². The van der Waals surface area contributed by atoms with Crippen molar-refractivity contribution in [3.8, 4) is 0 Å². The summed E-state index contributed by atoms with van der Waals surface area (Å²) >= 11 is 0. The van der Waals surface area contributed by atoms with Gasteiger partial charge in [-0.2, -0.15) is 0 Å². The number of rotatable bonds is 5. The van der Waals surface area contributed by atoms with E-state index in [1.807, 2.05) is 31.2 Å². The van der Waals surface area contributed by atoms with Crippen molar-refractivity contribution >= 4 is 0 Å². The van der Waals surface area contributed by atoms with E-state index in [2.05, 4.69) is 12.2 Å². The van der Waals surface area contributed by atoms with Crippen LogP contribution in [0, 0.1) is 11.6 Å². The molecule has 3 heteroatoms. The lowest BCUT2D eigenvalue weighted by Gasteiger charge is -2.22. The number of hydrogen-bond acceptors (Lipinski definition) is 1. The van der Waals surface area contributed by atoms with E-state index >= 15 is 0 Å². The molecule has 0 aliphatic carbocycles. The molecule has 2 aromatic carbocycles. The molecule has 0 heterocycles. The van der Waals surface area contributed by atoms with Crippen LogP contribution in [0.25, 0.3) is 0 Å². The highest BCUT2D eigenvalue weighted by molar-refractivity contribution is 5.38. The maximum atomic E-state index is 14.1. The fraction of sp³-hybridized carbons (Fsp3) is 0.294. The normalized spacial score (nSPS) is 12.4. The zero-order valence-electron chi connectivity index (χ0n) is 11.8. The molecular weight excluding hydrogens is 256 g/mol. The molecule has 0 saturated heterocycles. The number of benzene rings is 2. The third-order valence-corrected chi connectivity index (χ3v) is 3.43. The third kappa shape index (κ3) is 3.05. The second kappa shape index (κ2) is 6.62. The van der Waals surface area contributed by atoms with Gasteiger partial charge in [-0.15, -0.1) is 0 Å². The zero-order valence-corrected chi connectivity index (χ0v) is 11.8. The number of aryl methyl sites for hydroxylation is 1. The lowest BCUT2D eigenvalue weighted by Crippen LogP contribution is -2.24. The van der Waals surface area contributed by atoms with Crippen molar-refractivity contribution in [2.24, 2.45) is 0 Å². The molecule has 1 nitrogen and oxygen atoms in total. The van der Waals surface area contributed by atoms with Gasteiger partial charge in [-0.1, -0.05) is 44.2 Å². The molecule has 1 N–H and O–H groups in total. The monoisotopic (exact) mass is 275 g/mol. The molecule has 0 spiro atoms. The Hall–Kier alpha value is -1.74. The first-order valence-corrected chi connectivity index (χ1v) is 6.93. The first-order chi connectivity index (χ1) is 9.67. The molecule has 1 unspecified atom stereocenters. The fourth-order valence-electron chi connectivity index (χ4n) is 2.46. The van der Waals surface area contributed by atoms with Gasteiger partial charge in [-0.05, 0) is 30.2 Å². The van der Waals surface area contributed by atoms with E-state index < -0.39 is 11.6 Å². The van der Waals surface area contributed by atoms with Gasteiger partial charge in [-0.3, -0.25) is 0 Å². The Balaban J connectivity index is 2.50. The van der Waals surface area contributed by atoms with Crippen molar-refractivity contribution < 1.29 is 8.78 Å². The Bertz CT molecular complexity index is 581. The van der Waals surface area contributed by atoms with Gasteiger partial charge in [0.15, 0.2) is 0 Å². The summed E-state index contributed by atoms with van der Waals surface area (Å²) in [6.07, 6.45) is 0.876. The molecule has 2 aromatic rings. The molecule has 106 valence electrons. The average Bonchev–Trinajstić information content (AvgIpc) is 2.45. The molecule has 0 aliphatic heterocycles. The Morgan fingerprint density at radius 1 is 1.00 bits per heavy atom. The SMILES string of the molecule is CCNC(c1ccc(F)cc1F)c1ccccc1CC. The van der Waals surface area contributed by atoms with Crippen LogP contribution in [0.4, 0.5) is 8.78 Å². The molecule has 0 bridgehead atoms. The predicted octanol–water partition coefficient (Wildman–Crippen LogP) is 4.23. The first-order valence-electron chi connectivity index (χ1n) is 6.93. The maximum absolute atomic E-state index is 14.1. The summed E-state index contributed by atoms with van der Waals surface area (Å²) < 4.78 is 27.1. The summed E-state index contributed by atoms with van der Waals surface area (Å²) in [7, 11) is 0. The van der Waals surface area contributed by atoms with E-state index in [0.717, 1.165) is 18.1 Å². The van der Waals surface area contributed by atoms with Crippen LogP contribution in [-0.4, -0.2) is 6.54 Å². The summed E-state index contributed by atoms with van der Waals surface area (Å²) in [4.78, 5) is 0. The minimum atomic E-state index is -0.551. The summed E-state index contributed by atoms with van der Waals surface area (Å²) in [5, 5.41) is 3.29. The summed E-state index contributed by atoms with van der Waals surface area (Å²) in [5.74, 6) is -1.06. The lowest BCUT2D eigenvalue weighted by molar-refractivity contribution is 0.539. The smallest absolute Gasteiger partial charge is 0.131 e. The van der Waals surface area contributed by atoms with Crippen LogP contribution < -0.4 is 5.32 Å². The van der Waals surface area contributed by atoms with Crippen molar-refractivity contribution in [1.82, 2.24) is 5.32 Å². The molecule has 0 aliphatic rings. The number of hydrogen-bond donors (Lipinski definition) is 1. The van der Waals surface area contributed by atoms with Crippen molar-refractivity contribution in [2.75, 3.05) is 6.54 Å². The summed E-state index contributed by atoms with van der Waals surface area (Å²) in [6.45, 7) is 4.76. The Morgan fingerprint density at radius 3 is 2.40 bits per heavy atom. The Kier molecular flexibility index (Phi) is 4.85. The molecule has 0 saturated carbocycles. The Labute approximate surface area is 118 Å². The fourth-order valence-corrected chi connectivity index (χ4v) is 2.46. The predicted molar refractivity (Wildman–Crippen MR) is 77.7 cm³/mol. The second-order valence-corrected chi connectivity index (χ2v) is 4.71. The molecule has 0 fully saturated rings. The van der Waals surface area contributed by atoms with Crippen LogP contribution in [0.3, 0.4) is 0 Å². The van der Waals surface area contributed by atoms with E-state index in [0.29, 0.717) is 12.1 Å². The lowest BCUT2D eigenvalue weighted by atomic mass is 9.93. The van der Waals surface area contributed by atoms with Gasteiger partial charge in [0, 0.05) is 11.6 Å². The zero-order chi connectivity index (χ0) is 14.5.